The second-order valence-electron chi connectivity index (χ2n) is 5.77. The maximum atomic E-state index is 13.0. The quantitative estimate of drug-likeness (QED) is 0.757. The Bertz CT molecular complexity index is 960. The molecular weight excluding hydrogens is 359 g/mol. The lowest BCUT2D eigenvalue weighted by Crippen LogP contribution is -2.50. The van der Waals surface area contributed by atoms with Gasteiger partial charge in [-0.15, -0.1) is 5.10 Å². The standard InChI is InChI=1S/C17H17FN4O5/c1-3-26-15(23)13-9(2)19-16(24)20-12(13)8-22-17(25)27-14(21-22)10-4-6-11(18)7-5-10/h4-7,9H,3,8H2,1-2H3,(H2,19,20,24)/t9-/m0/s1. The summed E-state index contributed by atoms with van der Waals surface area (Å²) < 4.78 is 24.1. The van der Waals surface area contributed by atoms with Crippen LogP contribution in [0.15, 0.2) is 44.7 Å². The van der Waals surface area contributed by atoms with Crippen molar-refractivity contribution in [3.63, 3.8) is 0 Å². The Morgan fingerprint density at radius 3 is 2.70 bits per heavy atom. The third-order valence-corrected chi connectivity index (χ3v) is 3.87. The number of hydrogen-bond donors (Lipinski definition) is 2. The van der Waals surface area contributed by atoms with Gasteiger partial charge in [0.2, 0.25) is 5.89 Å². The van der Waals surface area contributed by atoms with E-state index in [4.69, 9.17) is 9.15 Å². The number of amides is 2. The first-order valence-electron chi connectivity index (χ1n) is 8.20. The number of nitrogens with zero attached hydrogens (tertiary/aromatic N) is 2. The van der Waals surface area contributed by atoms with E-state index >= 15 is 0 Å². The first kappa shape index (κ1) is 18.4. The van der Waals surface area contributed by atoms with Gasteiger partial charge in [-0.25, -0.2) is 18.8 Å². The summed E-state index contributed by atoms with van der Waals surface area (Å²) in [6, 6.07) is 4.15. The van der Waals surface area contributed by atoms with Gasteiger partial charge in [-0.05, 0) is 38.1 Å². The van der Waals surface area contributed by atoms with Crippen LogP contribution in [0, 0.1) is 5.82 Å². The Morgan fingerprint density at radius 2 is 2.04 bits per heavy atom. The zero-order chi connectivity index (χ0) is 19.6. The number of urea groups is 1. The maximum absolute atomic E-state index is 13.0. The van der Waals surface area contributed by atoms with Crippen LogP contribution in [-0.2, 0) is 16.1 Å². The average Bonchev–Trinajstić information content (AvgIpc) is 2.96. The van der Waals surface area contributed by atoms with Gasteiger partial charge in [-0.3, -0.25) is 0 Å². The van der Waals surface area contributed by atoms with Gasteiger partial charge in [0.25, 0.3) is 0 Å². The lowest BCUT2D eigenvalue weighted by atomic mass is 10.0. The normalized spacial score (nSPS) is 16.7. The van der Waals surface area contributed by atoms with Crippen molar-refractivity contribution in [2.45, 2.75) is 26.4 Å². The van der Waals surface area contributed by atoms with Gasteiger partial charge < -0.3 is 19.8 Å². The van der Waals surface area contributed by atoms with Gasteiger partial charge in [0.05, 0.1) is 30.5 Å². The highest BCUT2D eigenvalue weighted by Gasteiger charge is 2.30. The summed E-state index contributed by atoms with van der Waals surface area (Å²) in [5, 5.41) is 9.12. The highest BCUT2D eigenvalue weighted by atomic mass is 19.1. The van der Waals surface area contributed by atoms with E-state index in [0.717, 1.165) is 4.68 Å². The predicted molar refractivity (Wildman–Crippen MR) is 90.9 cm³/mol. The second kappa shape index (κ2) is 7.44. The number of ether oxygens (including phenoxy) is 1. The molecule has 0 saturated heterocycles. The summed E-state index contributed by atoms with van der Waals surface area (Å²) in [4.78, 5) is 36.1. The fourth-order valence-electron chi connectivity index (χ4n) is 2.67. The van der Waals surface area contributed by atoms with Crippen LogP contribution in [0.4, 0.5) is 9.18 Å². The topological polar surface area (TPSA) is 115 Å². The third-order valence-electron chi connectivity index (χ3n) is 3.87. The number of halogens is 1. The molecule has 0 spiro atoms. The average molecular weight is 376 g/mol. The molecule has 1 aromatic carbocycles. The van der Waals surface area contributed by atoms with E-state index in [1.165, 1.54) is 24.3 Å². The predicted octanol–water partition coefficient (Wildman–Crippen LogP) is 1.16. The fourth-order valence-corrected chi connectivity index (χ4v) is 2.67. The lowest BCUT2D eigenvalue weighted by Gasteiger charge is -2.26. The zero-order valence-electron chi connectivity index (χ0n) is 14.6. The molecule has 2 aromatic rings. The van der Waals surface area contributed by atoms with Gasteiger partial charge in [-0.1, -0.05) is 0 Å². The number of aromatic nitrogens is 2. The molecule has 9 nitrogen and oxygen atoms in total. The van der Waals surface area contributed by atoms with E-state index in [9.17, 15) is 18.8 Å². The smallest absolute Gasteiger partial charge is 0.437 e. The number of esters is 1. The first-order chi connectivity index (χ1) is 12.9. The van der Waals surface area contributed by atoms with Crippen molar-refractivity contribution in [1.29, 1.82) is 0 Å². The van der Waals surface area contributed by atoms with Crippen molar-refractivity contribution in [2.24, 2.45) is 0 Å². The van der Waals surface area contributed by atoms with E-state index in [1.807, 2.05) is 0 Å². The van der Waals surface area contributed by atoms with Gasteiger partial charge in [0.1, 0.15) is 5.82 Å². The monoisotopic (exact) mass is 376 g/mol. The van der Waals surface area contributed by atoms with Crippen LogP contribution in [0.5, 0.6) is 0 Å². The van der Waals surface area contributed by atoms with E-state index < -0.39 is 29.6 Å². The van der Waals surface area contributed by atoms with Gasteiger partial charge in [0, 0.05) is 5.56 Å². The molecule has 2 heterocycles. The van der Waals surface area contributed by atoms with Crippen molar-refractivity contribution >= 4 is 12.0 Å². The molecule has 1 aliphatic rings. The Balaban J connectivity index is 1.95. The molecule has 0 aliphatic carbocycles. The number of benzene rings is 1. The highest BCUT2D eigenvalue weighted by molar-refractivity contribution is 5.94. The van der Waals surface area contributed by atoms with Crippen LogP contribution in [0.2, 0.25) is 0 Å². The second-order valence-corrected chi connectivity index (χ2v) is 5.77. The molecule has 0 fully saturated rings. The Morgan fingerprint density at radius 1 is 1.33 bits per heavy atom. The van der Waals surface area contributed by atoms with Crippen LogP contribution in [-0.4, -0.2) is 34.4 Å². The lowest BCUT2D eigenvalue weighted by molar-refractivity contribution is -0.139. The van der Waals surface area contributed by atoms with Crippen LogP contribution in [0.1, 0.15) is 13.8 Å². The summed E-state index contributed by atoms with van der Waals surface area (Å²) in [7, 11) is 0. The van der Waals surface area contributed by atoms with E-state index in [-0.39, 0.29) is 30.3 Å². The van der Waals surface area contributed by atoms with Crippen LogP contribution >= 0.6 is 0 Å². The number of rotatable bonds is 5. The molecule has 0 saturated carbocycles. The molecule has 1 aliphatic heterocycles. The minimum atomic E-state index is -0.787. The minimum Gasteiger partial charge on any atom is -0.463 e. The first-order valence-corrected chi connectivity index (χ1v) is 8.20. The van der Waals surface area contributed by atoms with E-state index in [0.29, 0.717) is 5.56 Å². The SMILES string of the molecule is CCOC(=O)C1=C(Cn2nc(-c3ccc(F)cc3)oc2=O)NC(=O)N[C@H]1C. The molecule has 0 bridgehead atoms. The van der Waals surface area contributed by atoms with Gasteiger partial charge >= 0.3 is 17.8 Å². The number of nitrogens with one attached hydrogen (secondary N) is 2. The molecular formula is C17H17FN4O5. The molecule has 3 rings (SSSR count). The van der Waals surface area contributed by atoms with Crippen LogP contribution in [0.25, 0.3) is 11.5 Å². The Kier molecular flexibility index (Phi) is 5.06. The summed E-state index contributed by atoms with van der Waals surface area (Å²) in [6.45, 7) is 3.25. The van der Waals surface area contributed by atoms with E-state index in [2.05, 4.69) is 15.7 Å². The summed E-state index contributed by atoms with van der Waals surface area (Å²) in [5.74, 6) is -1.84. The molecule has 27 heavy (non-hydrogen) atoms. The maximum Gasteiger partial charge on any atom is 0.437 e. The summed E-state index contributed by atoms with van der Waals surface area (Å²) >= 11 is 0. The zero-order valence-corrected chi connectivity index (χ0v) is 14.6. The van der Waals surface area contributed by atoms with Crippen molar-refractivity contribution < 1.29 is 23.1 Å². The molecule has 2 amide bonds. The van der Waals surface area contributed by atoms with Crippen molar-refractivity contribution in [1.82, 2.24) is 20.4 Å². The van der Waals surface area contributed by atoms with Crippen molar-refractivity contribution in [2.75, 3.05) is 6.61 Å². The summed E-state index contributed by atoms with van der Waals surface area (Å²) in [5.41, 5.74) is 0.787. The number of allylic oxidation sites excluding steroid dienone is 1. The van der Waals surface area contributed by atoms with Gasteiger partial charge in [-0.2, -0.15) is 4.68 Å². The highest BCUT2D eigenvalue weighted by Crippen LogP contribution is 2.18. The van der Waals surface area contributed by atoms with Crippen LogP contribution in [0.3, 0.4) is 0 Å². The molecule has 142 valence electrons. The van der Waals surface area contributed by atoms with E-state index in [1.54, 1.807) is 13.8 Å². The minimum absolute atomic E-state index is 0.00778. The molecule has 0 radical (unpaired) electrons. The van der Waals surface area contributed by atoms with Gasteiger partial charge in [0.15, 0.2) is 0 Å². The number of carbonyl (C=O) groups excluding carboxylic acids is 2. The molecule has 1 aromatic heterocycles. The Hall–Kier alpha value is -3.43. The largest absolute Gasteiger partial charge is 0.463 e. The summed E-state index contributed by atoms with van der Waals surface area (Å²) in [6.07, 6.45) is 0. The molecule has 1 atom stereocenters. The fraction of sp³-hybridized carbons (Fsp3) is 0.294. The molecule has 10 heteroatoms. The molecule has 2 N–H and O–H groups in total. The van der Waals surface area contributed by atoms with Crippen LogP contribution < -0.4 is 16.4 Å². The van der Waals surface area contributed by atoms with Crippen molar-refractivity contribution in [3.05, 3.63) is 51.9 Å². The number of carbonyl (C=O) groups is 2. The van der Waals surface area contributed by atoms with Crippen molar-refractivity contribution in [3.8, 4) is 11.5 Å². The third kappa shape index (κ3) is 3.89. The number of hydrogen-bond acceptors (Lipinski definition) is 6. The molecule has 0 unspecified atom stereocenters. The Labute approximate surface area is 152 Å².